The number of hydrogen-bond donors (Lipinski definition) is 0. The van der Waals surface area contributed by atoms with Crippen molar-refractivity contribution in [1.29, 1.82) is 0 Å². The number of amidine groups is 1. The van der Waals surface area contributed by atoms with Crippen molar-refractivity contribution in [2.24, 2.45) is 4.99 Å². The first kappa shape index (κ1) is 25.7. The van der Waals surface area contributed by atoms with Crippen LogP contribution in [-0.2, 0) is 17.8 Å². The molecule has 0 saturated carbocycles. The molecule has 1 aliphatic rings. The Bertz CT molecular complexity index is 1670. The molecule has 0 spiro atoms. The van der Waals surface area contributed by atoms with E-state index in [9.17, 15) is 4.79 Å². The number of amides is 1. The number of para-hydroxylation sites is 1. The van der Waals surface area contributed by atoms with Gasteiger partial charge in [-0.3, -0.25) is 9.69 Å². The standard InChI is InChI=1S/C35H28N2O2S/c38-34-33(40-35(36-30-15-5-2-6-16-30)37(34)23-22-26-10-3-1-4-11-26)24-27-18-20-31(21-19-27)39-25-29-14-9-13-28-12-7-8-17-32(28)29/h1-21,24H,22-23,25H2/b33-24+,36-35?. The van der Waals surface area contributed by atoms with E-state index in [0.717, 1.165) is 29.0 Å². The zero-order chi connectivity index (χ0) is 27.1. The number of hydrogen-bond acceptors (Lipinski definition) is 4. The maximum atomic E-state index is 13.5. The van der Waals surface area contributed by atoms with E-state index in [0.29, 0.717) is 23.2 Å². The molecule has 0 radical (unpaired) electrons. The fourth-order valence-corrected chi connectivity index (χ4v) is 5.70. The van der Waals surface area contributed by atoms with Crippen molar-refractivity contribution in [3.8, 4) is 5.75 Å². The lowest BCUT2D eigenvalue weighted by Crippen LogP contribution is -2.31. The number of thioether (sulfide) groups is 1. The molecule has 40 heavy (non-hydrogen) atoms. The van der Waals surface area contributed by atoms with Crippen LogP contribution in [0.4, 0.5) is 5.69 Å². The Hall–Kier alpha value is -4.61. The summed E-state index contributed by atoms with van der Waals surface area (Å²) in [5.74, 6) is 0.767. The van der Waals surface area contributed by atoms with Crippen molar-refractivity contribution >= 4 is 45.4 Å². The van der Waals surface area contributed by atoms with Crippen molar-refractivity contribution in [1.82, 2.24) is 4.90 Å². The molecule has 4 nitrogen and oxygen atoms in total. The first-order valence-electron chi connectivity index (χ1n) is 13.3. The first-order valence-corrected chi connectivity index (χ1v) is 14.1. The minimum atomic E-state index is -0.0214. The number of aliphatic imine (C=N–C) groups is 1. The minimum absolute atomic E-state index is 0.0214. The molecule has 5 aromatic rings. The summed E-state index contributed by atoms with van der Waals surface area (Å²) in [6.45, 7) is 1.06. The van der Waals surface area contributed by atoms with Gasteiger partial charge in [0.15, 0.2) is 5.17 Å². The highest BCUT2D eigenvalue weighted by Crippen LogP contribution is 2.34. The number of nitrogens with zero attached hydrogens (tertiary/aromatic N) is 2. The van der Waals surface area contributed by atoms with Crippen LogP contribution in [0, 0.1) is 0 Å². The van der Waals surface area contributed by atoms with Gasteiger partial charge >= 0.3 is 0 Å². The van der Waals surface area contributed by atoms with E-state index >= 15 is 0 Å². The number of fused-ring (bicyclic) bond motifs is 1. The van der Waals surface area contributed by atoms with E-state index in [1.165, 1.54) is 28.1 Å². The summed E-state index contributed by atoms with van der Waals surface area (Å²) in [7, 11) is 0. The van der Waals surface area contributed by atoms with Crippen LogP contribution in [0.5, 0.6) is 5.75 Å². The summed E-state index contributed by atoms with van der Waals surface area (Å²) in [6.07, 6.45) is 2.70. The van der Waals surface area contributed by atoms with Gasteiger partial charge in [0.2, 0.25) is 0 Å². The molecule has 1 heterocycles. The van der Waals surface area contributed by atoms with Gasteiger partial charge in [0.05, 0.1) is 10.6 Å². The van der Waals surface area contributed by atoms with Gasteiger partial charge < -0.3 is 4.74 Å². The van der Waals surface area contributed by atoms with Gasteiger partial charge in [0.25, 0.3) is 5.91 Å². The van der Waals surface area contributed by atoms with Crippen molar-refractivity contribution in [3.05, 3.63) is 149 Å². The second-order valence-electron chi connectivity index (χ2n) is 9.53. The average Bonchev–Trinajstić information content (AvgIpc) is 3.29. The molecule has 5 heteroatoms. The molecule has 0 atom stereocenters. The highest BCUT2D eigenvalue weighted by atomic mass is 32.2. The highest BCUT2D eigenvalue weighted by Gasteiger charge is 2.33. The number of rotatable bonds is 8. The van der Waals surface area contributed by atoms with Crippen LogP contribution < -0.4 is 4.74 Å². The van der Waals surface area contributed by atoms with Crippen LogP contribution in [0.2, 0.25) is 0 Å². The van der Waals surface area contributed by atoms with Gasteiger partial charge in [0, 0.05) is 6.54 Å². The summed E-state index contributed by atoms with van der Waals surface area (Å²) in [4.78, 5) is 20.8. The topological polar surface area (TPSA) is 41.9 Å². The molecule has 0 unspecified atom stereocenters. The number of ether oxygens (including phenoxy) is 1. The zero-order valence-corrected chi connectivity index (χ0v) is 22.8. The molecule has 0 bridgehead atoms. The number of carbonyl (C=O) groups excluding carboxylic acids is 1. The quantitative estimate of drug-likeness (QED) is 0.186. The summed E-state index contributed by atoms with van der Waals surface area (Å²) in [5.41, 5.74) is 4.11. The second kappa shape index (κ2) is 12.1. The molecule has 1 saturated heterocycles. The van der Waals surface area contributed by atoms with Crippen molar-refractivity contribution in [2.45, 2.75) is 13.0 Å². The van der Waals surface area contributed by atoms with E-state index in [4.69, 9.17) is 9.73 Å². The monoisotopic (exact) mass is 540 g/mol. The molecule has 1 amide bonds. The molecule has 1 fully saturated rings. The summed E-state index contributed by atoms with van der Waals surface area (Å²) >= 11 is 1.42. The lowest BCUT2D eigenvalue weighted by molar-refractivity contribution is -0.122. The van der Waals surface area contributed by atoms with E-state index in [2.05, 4.69) is 48.5 Å². The third-order valence-electron chi connectivity index (χ3n) is 6.79. The SMILES string of the molecule is O=C1/C(=C\c2ccc(OCc3cccc4ccccc34)cc2)SC(=Nc2ccccc2)N1CCc1ccccc1. The number of carbonyl (C=O) groups is 1. The molecule has 0 aliphatic carbocycles. The lowest BCUT2D eigenvalue weighted by atomic mass is 10.1. The zero-order valence-electron chi connectivity index (χ0n) is 21.9. The Balaban J connectivity index is 1.18. The van der Waals surface area contributed by atoms with Gasteiger partial charge in [-0.05, 0) is 76.0 Å². The van der Waals surface area contributed by atoms with E-state index in [1.54, 1.807) is 4.90 Å². The van der Waals surface area contributed by atoms with Gasteiger partial charge in [-0.25, -0.2) is 4.99 Å². The Morgan fingerprint density at radius 2 is 1.45 bits per heavy atom. The molecular formula is C35H28N2O2S. The van der Waals surface area contributed by atoms with Crippen LogP contribution in [0.25, 0.3) is 16.8 Å². The molecule has 196 valence electrons. The third kappa shape index (κ3) is 6.00. The molecular weight excluding hydrogens is 512 g/mol. The maximum absolute atomic E-state index is 13.5. The fourth-order valence-electron chi connectivity index (χ4n) is 4.68. The second-order valence-corrected chi connectivity index (χ2v) is 10.5. The van der Waals surface area contributed by atoms with Crippen molar-refractivity contribution in [3.63, 3.8) is 0 Å². The largest absolute Gasteiger partial charge is 0.489 e. The van der Waals surface area contributed by atoms with Crippen LogP contribution in [0.1, 0.15) is 16.7 Å². The maximum Gasteiger partial charge on any atom is 0.266 e. The average molecular weight is 541 g/mol. The van der Waals surface area contributed by atoms with E-state index < -0.39 is 0 Å². The smallest absolute Gasteiger partial charge is 0.266 e. The van der Waals surface area contributed by atoms with Gasteiger partial charge in [-0.2, -0.15) is 0 Å². The molecule has 0 N–H and O–H groups in total. The van der Waals surface area contributed by atoms with Gasteiger partial charge in [-0.1, -0.05) is 103 Å². The number of benzene rings is 5. The minimum Gasteiger partial charge on any atom is -0.489 e. The Labute approximate surface area is 238 Å². The predicted molar refractivity (Wildman–Crippen MR) is 166 cm³/mol. The van der Waals surface area contributed by atoms with Crippen molar-refractivity contribution in [2.75, 3.05) is 6.54 Å². The molecule has 5 aromatic carbocycles. The predicted octanol–water partition coefficient (Wildman–Crippen LogP) is 8.27. The Kier molecular flexibility index (Phi) is 7.73. The van der Waals surface area contributed by atoms with Crippen LogP contribution in [-0.4, -0.2) is 22.5 Å². The molecule has 0 aromatic heterocycles. The van der Waals surface area contributed by atoms with Gasteiger partial charge in [0.1, 0.15) is 12.4 Å². The van der Waals surface area contributed by atoms with Crippen LogP contribution >= 0.6 is 11.8 Å². The summed E-state index contributed by atoms with van der Waals surface area (Å²) in [6, 6.07) is 42.5. The van der Waals surface area contributed by atoms with E-state index in [-0.39, 0.29) is 5.91 Å². The van der Waals surface area contributed by atoms with Crippen molar-refractivity contribution < 1.29 is 9.53 Å². The highest BCUT2D eigenvalue weighted by molar-refractivity contribution is 8.18. The summed E-state index contributed by atoms with van der Waals surface area (Å²) in [5, 5.41) is 3.11. The lowest BCUT2D eigenvalue weighted by Gasteiger charge is -2.15. The normalized spacial score (nSPS) is 15.3. The van der Waals surface area contributed by atoms with Crippen LogP contribution in [0.15, 0.2) is 137 Å². The van der Waals surface area contributed by atoms with Crippen LogP contribution in [0.3, 0.4) is 0 Å². The summed E-state index contributed by atoms with van der Waals surface area (Å²) < 4.78 is 6.10. The third-order valence-corrected chi connectivity index (χ3v) is 7.79. The van der Waals surface area contributed by atoms with Gasteiger partial charge in [-0.15, -0.1) is 0 Å². The Morgan fingerprint density at radius 3 is 2.25 bits per heavy atom. The first-order chi connectivity index (χ1) is 19.7. The Morgan fingerprint density at radius 1 is 0.750 bits per heavy atom. The molecule has 1 aliphatic heterocycles. The molecule has 6 rings (SSSR count). The van der Waals surface area contributed by atoms with E-state index in [1.807, 2.05) is 84.9 Å². The fraction of sp³-hybridized carbons (Fsp3) is 0.0857.